The third-order valence-electron chi connectivity index (χ3n) is 5.14. The lowest BCUT2D eigenvalue weighted by Crippen LogP contribution is -2.29. The van der Waals surface area contributed by atoms with Gasteiger partial charge in [-0.15, -0.1) is 0 Å². The second kappa shape index (κ2) is 10.8. The molecule has 0 aliphatic heterocycles. The van der Waals surface area contributed by atoms with E-state index in [9.17, 15) is 18.0 Å². The second-order valence-corrected chi connectivity index (χ2v) is 8.37. The number of hydrogen-bond acceptors (Lipinski definition) is 7. The molecule has 0 fully saturated rings. The summed E-state index contributed by atoms with van der Waals surface area (Å²) in [6.07, 6.45) is -4.61. The minimum atomic E-state index is -4.61. The Kier molecular flexibility index (Phi) is 7.58. The Morgan fingerprint density at radius 1 is 0.892 bits per heavy atom. The molecule has 4 rings (SSSR count). The first kappa shape index (κ1) is 25.9. The molecule has 1 N–H and O–H groups in total. The standard InChI is InChI=1S/C25H21F3N4O4S/c1-34-19-11-7-10-18-21(19)22(31-23(30-18)36-3)37-32(16-8-5-4-6-9-16)24(33)29-15-12-13-17(25(26,27)28)20(14-15)35-2/h4-14H,1-3H3,(H,29,33). The summed E-state index contributed by atoms with van der Waals surface area (Å²) < 4.78 is 56.7. The summed E-state index contributed by atoms with van der Waals surface area (Å²) in [6, 6.07) is 16.5. The molecule has 0 atom stereocenters. The molecule has 0 radical (unpaired) electrons. The molecule has 192 valence electrons. The third-order valence-corrected chi connectivity index (χ3v) is 6.17. The Labute approximate surface area is 214 Å². The van der Waals surface area contributed by atoms with Crippen molar-refractivity contribution in [2.75, 3.05) is 31.0 Å². The van der Waals surface area contributed by atoms with Crippen molar-refractivity contribution < 1.29 is 32.2 Å². The van der Waals surface area contributed by atoms with Crippen LogP contribution in [-0.4, -0.2) is 37.3 Å². The lowest BCUT2D eigenvalue weighted by molar-refractivity contribution is -0.138. The first-order valence-electron chi connectivity index (χ1n) is 10.7. The van der Waals surface area contributed by atoms with E-state index in [1.807, 2.05) is 0 Å². The van der Waals surface area contributed by atoms with Crippen LogP contribution < -0.4 is 23.8 Å². The molecule has 1 aromatic heterocycles. The van der Waals surface area contributed by atoms with Gasteiger partial charge in [0.05, 0.1) is 43.5 Å². The zero-order chi connectivity index (χ0) is 26.6. The maximum atomic E-state index is 13.5. The Bertz CT molecular complexity index is 1420. The smallest absolute Gasteiger partial charge is 0.419 e. The number of carbonyl (C=O) groups is 1. The number of anilines is 2. The van der Waals surface area contributed by atoms with Crippen LogP contribution in [0.25, 0.3) is 10.9 Å². The molecule has 37 heavy (non-hydrogen) atoms. The van der Waals surface area contributed by atoms with Gasteiger partial charge in [0.15, 0.2) is 0 Å². The van der Waals surface area contributed by atoms with Gasteiger partial charge in [-0.25, -0.2) is 9.10 Å². The van der Waals surface area contributed by atoms with E-state index >= 15 is 0 Å². The number of urea groups is 1. The number of fused-ring (bicyclic) bond motifs is 1. The molecule has 0 aliphatic carbocycles. The molecular formula is C25H21F3N4O4S. The molecule has 0 unspecified atom stereocenters. The highest BCUT2D eigenvalue weighted by atomic mass is 32.2. The van der Waals surface area contributed by atoms with E-state index in [1.54, 1.807) is 48.5 Å². The predicted molar refractivity (Wildman–Crippen MR) is 134 cm³/mol. The average Bonchev–Trinajstić information content (AvgIpc) is 2.90. The van der Waals surface area contributed by atoms with Crippen molar-refractivity contribution in [3.63, 3.8) is 0 Å². The largest absolute Gasteiger partial charge is 0.496 e. The normalized spacial score (nSPS) is 11.2. The van der Waals surface area contributed by atoms with Crippen LogP contribution in [0.2, 0.25) is 0 Å². The van der Waals surface area contributed by atoms with Crippen LogP contribution in [0.5, 0.6) is 17.5 Å². The van der Waals surface area contributed by atoms with Gasteiger partial charge < -0.3 is 19.5 Å². The summed E-state index contributed by atoms with van der Waals surface area (Å²) in [5, 5.41) is 3.55. The number of rotatable bonds is 7. The van der Waals surface area contributed by atoms with E-state index in [-0.39, 0.29) is 11.7 Å². The van der Waals surface area contributed by atoms with Crippen molar-refractivity contribution in [3.8, 4) is 17.5 Å². The molecular weight excluding hydrogens is 509 g/mol. The number of nitrogens with one attached hydrogen (secondary N) is 1. The fourth-order valence-electron chi connectivity index (χ4n) is 3.46. The predicted octanol–water partition coefficient (Wildman–Crippen LogP) is 6.42. The monoisotopic (exact) mass is 530 g/mol. The van der Waals surface area contributed by atoms with Crippen molar-refractivity contribution in [2.45, 2.75) is 11.2 Å². The van der Waals surface area contributed by atoms with E-state index in [2.05, 4.69) is 15.3 Å². The van der Waals surface area contributed by atoms with E-state index in [1.165, 1.54) is 18.5 Å². The number of methoxy groups -OCH3 is 3. The van der Waals surface area contributed by atoms with Gasteiger partial charge in [0.1, 0.15) is 16.5 Å². The van der Waals surface area contributed by atoms with Crippen LogP contribution in [0.3, 0.4) is 0 Å². The van der Waals surface area contributed by atoms with Gasteiger partial charge in [-0.2, -0.15) is 23.1 Å². The van der Waals surface area contributed by atoms with E-state index in [0.29, 0.717) is 27.4 Å². The number of carbonyl (C=O) groups excluding carboxylic acids is 1. The number of ether oxygens (including phenoxy) is 3. The molecule has 2 amide bonds. The summed E-state index contributed by atoms with van der Waals surface area (Å²) in [4.78, 5) is 22.3. The van der Waals surface area contributed by atoms with Crippen LogP contribution in [0.1, 0.15) is 5.56 Å². The van der Waals surface area contributed by atoms with Gasteiger partial charge in [0, 0.05) is 23.7 Å². The SMILES string of the molecule is COc1nc(SN(C(=O)Nc2ccc(C(F)(F)F)c(OC)c2)c2ccccc2)c2c(OC)cccc2n1. The molecule has 0 bridgehead atoms. The zero-order valence-corrected chi connectivity index (χ0v) is 20.7. The number of aromatic nitrogens is 2. The summed E-state index contributed by atoms with van der Waals surface area (Å²) >= 11 is 0.974. The second-order valence-electron chi connectivity index (χ2n) is 7.43. The fraction of sp³-hybridized carbons (Fsp3) is 0.160. The molecule has 0 saturated carbocycles. The van der Waals surface area contributed by atoms with Gasteiger partial charge in [0.25, 0.3) is 0 Å². The molecule has 0 aliphatic rings. The molecule has 12 heteroatoms. The highest BCUT2D eigenvalue weighted by molar-refractivity contribution is 8.01. The number of para-hydroxylation sites is 1. The maximum Gasteiger partial charge on any atom is 0.419 e. The number of nitrogens with zero attached hydrogens (tertiary/aromatic N) is 3. The quantitative estimate of drug-likeness (QED) is 0.218. The van der Waals surface area contributed by atoms with Gasteiger partial charge in [-0.3, -0.25) is 0 Å². The minimum absolute atomic E-state index is 0.0872. The summed E-state index contributed by atoms with van der Waals surface area (Å²) in [6.45, 7) is 0. The van der Waals surface area contributed by atoms with Gasteiger partial charge in [-0.05, 0) is 36.4 Å². The van der Waals surface area contributed by atoms with Crippen LogP contribution >= 0.6 is 11.9 Å². The fourth-order valence-corrected chi connectivity index (χ4v) is 4.41. The molecule has 3 aromatic carbocycles. The first-order chi connectivity index (χ1) is 17.7. The lowest BCUT2D eigenvalue weighted by Gasteiger charge is -2.23. The number of hydrogen-bond donors (Lipinski definition) is 1. The molecule has 4 aromatic rings. The summed E-state index contributed by atoms with van der Waals surface area (Å²) in [7, 11) is 4.06. The molecule has 0 spiro atoms. The van der Waals surface area contributed by atoms with E-state index in [4.69, 9.17) is 14.2 Å². The van der Waals surface area contributed by atoms with Crippen molar-refractivity contribution in [2.24, 2.45) is 0 Å². The minimum Gasteiger partial charge on any atom is -0.496 e. The highest BCUT2D eigenvalue weighted by Crippen LogP contribution is 2.39. The molecule has 1 heterocycles. The third kappa shape index (κ3) is 5.64. The van der Waals surface area contributed by atoms with Crippen LogP contribution in [-0.2, 0) is 6.18 Å². The highest BCUT2D eigenvalue weighted by Gasteiger charge is 2.34. The van der Waals surface area contributed by atoms with Gasteiger partial charge in [-0.1, -0.05) is 24.3 Å². The number of alkyl halides is 3. The first-order valence-corrected chi connectivity index (χ1v) is 11.5. The van der Waals surface area contributed by atoms with E-state index < -0.39 is 23.5 Å². The van der Waals surface area contributed by atoms with Gasteiger partial charge >= 0.3 is 18.2 Å². The lowest BCUT2D eigenvalue weighted by atomic mass is 10.1. The van der Waals surface area contributed by atoms with Crippen molar-refractivity contribution >= 4 is 40.3 Å². The van der Waals surface area contributed by atoms with E-state index in [0.717, 1.165) is 37.3 Å². The molecule has 8 nitrogen and oxygen atoms in total. The molecule has 0 saturated heterocycles. The Morgan fingerprint density at radius 3 is 2.27 bits per heavy atom. The van der Waals surface area contributed by atoms with Crippen LogP contribution in [0.15, 0.2) is 71.8 Å². The Morgan fingerprint density at radius 2 is 1.62 bits per heavy atom. The van der Waals surface area contributed by atoms with Crippen molar-refractivity contribution in [1.82, 2.24) is 9.97 Å². The number of amides is 2. The average molecular weight is 531 g/mol. The topological polar surface area (TPSA) is 85.8 Å². The van der Waals surface area contributed by atoms with Crippen LogP contribution in [0, 0.1) is 0 Å². The summed E-state index contributed by atoms with van der Waals surface area (Å²) in [5.74, 6) is 0.0732. The summed E-state index contributed by atoms with van der Waals surface area (Å²) in [5.41, 5.74) is 0.187. The van der Waals surface area contributed by atoms with Crippen LogP contribution in [0.4, 0.5) is 29.3 Å². The number of benzene rings is 3. The Balaban J connectivity index is 1.75. The van der Waals surface area contributed by atoms with Crippen molar-refractivity contribution in [3.05, 3.63) is 72.3 Å². The number of halogens is 3. The van der Waals surface area contributed by atoms with Crippen molar-refractivity contribution in [1.29, 1.82) is 0 Å². The Hall–Kier alpha value is -4.19. The zero-order valence-electron chi connectivity index (χ0n) is 19.9. The van der Waals surface area contributed by atoms with Gasteiger partial charge in [0.2, 0.25) is 0 Å². The maximum absolute atomic E-state index is 13.5.